The number of ether oxygens (including phenoxy) is 1. The van der Waals surface area contributed by atoms with Crippen LogP contribution in [0.4, 0.5) is 19.0 Å². The summed E-state index contributed by atoms with van der Waals surface area (Å²) in [4.78, 5) is 12.7. The molecular formula is C12H9Cl2F3N4O. The lowest BCUT2D eigenvalue weighted by Gasteiger charge is -2.25. The molecule has 0 N–H and O–H groups in total. The van der Waals surface area contributed by atoms with E-state index in [-0.39, 0.29) is 40.3 Å². The van der Waals surface area contributed by atoms with Gasteiger partial charge >= 0.3 is 0 Å². The van der Waals surface area contributed by atoms with Gasteiger partial charge in [-0.25, -0.2) is 23.1 Å². The van der Waals surface area contributed by atoms with Gasteiger partial charge in [0.15, 0.2) is 11.0 Å². The zero-order chi connectivity index (χ0) is 15.9. The Hall–Kier alpha value is -1.38. The maximum atomic E-state index is 14.0. The Morgan fingerprint density at radius 2 is 2.05 bits per heavy atom. The van der Waals surface area contributed by atoms with Gasteiger partial charge in [0.1, 0.15) is 17.9 Å². The molecule has 0 aromatic carbocycles. The molecule has 118 valence electrons. The zero-order valence-corrected chi connectivity index (χ0v) is 12.5. The molecule has 3 rings (SSSR count). The van der Waals surface area contributed by atoms with Crippen molar-refractivity contribution in [2.75, 3.05) is 31.2 Å². The second-order valence-electron chi connectivity index (χ2n) is 4.77. The van der Waals surface area contributed by atoms with Gasteiger partial charge in [0, 0.05) is 12.7 Å². The summed E-state index contributed by atoms with van der Waals surface area (Å²) < 4.78 is 46.3. The first-order valence-corrected chi connectivity index (χ1v) is 7.01. The standard InChI is InChI=1S/C12H9Cl2F3N4O/c13-9-7(15)8-6(3-18-9)10(20-11(14)19-8)21-1-2-22-5-12(16,17)4-21/h3H,1-2,4-5H2. The SMILES string of the molecule is Fc1c(Cl)ncc2c(N3CCOCC(F)(F)C3)nc(Cl)nc12. The molecule has 0 spiro atoms. The van der Waals surface area contributed by atoms with Crippen LogP contribution < -0.4 is 4.90 Å². The Labute approximate surface area is 133 Å². The first-order chi connectivity index (χ1) is 10.4. The van der Waals surface area contributed by atoms with Crippen LogP contribution in [0.1, 0.15) is 0 Å². The summed E-state index contributed by atoms with van der Waals surface area (Å²) in [6.45, 7) is -1.07. The summed E-state index contributed by atoms with van der Waals surface area (Å²) in [5, 5.41) is -0.487. The van der Waals surface area contributed by atoms with E-state index in [2.05, 4.69) is 15.0 Å². The number of aromatic nitrogens is 3. The van der Waals surface area contributed by atoms with Crippen LogP contribution in [0.25, 0.3) is 10.9 Å². The molecule has 0 radical (unpaired) electrons. The molecule has 0 bridgehead atoms. The largest absolute Gasteiger partial charge is 0.373 e. The van der Waals surface area contributed by atoms with Crippen LogP contribution in [0.5, 0.6) is 0 Å². The van der Waals surface area contributed by atoms with Crippen LogP contribution in [0, 0.1) is 5.82 Å². The molecule has 0 unspecified atom stereocenters. The van der Waals surface area contributed by atoms with Gasteiger partial charge in [-0.2, -0.15) is 4.98 Å². The fraction of sp³-hybridized carbons (Fsp3) is 0.417. The molecule has 2 aromatic heterocycles. The summed E-state index contributed by atoms with van der Waals surface area (Å²) in [5.41, 5.74) is -0.163. The second kappa shape index (κ2) is 5.68. The molecule has 22 heavy (non-hydrogen) atoms. The van der Waals surface area contributed by atoms with E-state index in [1.54, 1.807) is 0 Å². The highest BCUT2D eigenvalue weighted by Gasteiger charge is 2.35. The molecule has 10 heteroatoms. The van der Waals surface area contributed by atoms with E-state index < -0.39 is 24.9 Å². The molecule has 5 nitrogen and oxygen atoms in total. The van der Waals surface area contributed by atoms with Gasteiger partial charge in [-0.05, 0) is 11.6 Å². The molecule has 1 aliphatic heterocycles. The van der Waals surface area contributed by atoms with Gasteiger partial charge in [0.05, 0.1) is 18.5 Å². The number of hydrogen-bond donors (Lipinski definition) is 0. The van der Waals surface area contributed by atoms with E-state index in [4.69, 9.17) is 27.9 Å². The van der Waals surface area contributed by atoms with Gasteiger partial charge in [-0.3, -0.25) is 0 Å². The highest BCUT2D eigenvalue weighted by Crippen LogP contribution is 2.31. The molecule has 1 fully saturated rings. The minimum absolute atomic E-state index is 0.0724. The molecular weight excluding hydrogens is 344 g/mol. The van der Waals surface area contributed by atoms with Gasteiger partial charge < -0.3 is 9.64 Å². The van der Waals surface area contributed by atoms with E-state index in [0.717, 1.165) is 0 Å². The normalized spacial score (nSPS) is 18.5. The van der Waals surface area contributed by atoms with Crippen molar-refractivity contribution in [1.82, 2.24) is 15.0 Å². The van der Waals surface area contributed by atoms with Gasteiger partial charge in [-0.15, -0.1) is 0 Å². The maximum absolute atomic E-state index is 14.0. The topological polar surface area (TPSA) is 51.1 Å². The number of hydrogen-bond acceptors (Lipinski definition) is 5. The number of nitrogens with zero attached hydrogens (tertiary/aromatic N) is 4. The van der Waals surface area contributed by atoms with Crippen LogP contribution >= 0.6 is 23.2 Å². The summed E-state index contributed by atoms with van der Waals surface area (Å²) in [6.07, 6.45) is 1.23. The summed E-state index contributed by atoms with van der Waals surface area (Å²) >= 11 is 11.4. The molecule has 1 aliphatic rings. The molecule has 0 atom stereocenters. The number of halogens is 5. The lowest BCUT2D eigenvalue weighted by Crippen LogP contribution is -2.38. The first-order valence-electron chi connectivity index (χ1n) is 6.25. The van der Waals surface area contributed by atoms with Crippen molar-refractivity contribution in [2.45, 2.75) is 5.92 Å². The first kappa shape index (κ1) is 15.5. The summed E-state index contributed by atoms with van der Waals surface area (Å²) in [5.74, 6) is -3.86. The molecule has 1 saturated heterocycles. The lowest BCUT2D eigenvalue weighted by molar-refractivity contribution is -0.0563. The molecule has 2 aromatic rings. The average Bonchev–Trinajstić information content (AvgIpc) is 2.63. The van der Waals surface area contributed by atoms with Crippen LogP contribution in [-0.2, 0) is 4.74 Å². The smallest absolute Gasteiger partial charge is 0.288 e. The fourth-order valence-corrected chi connectivity index (χ4v) is 2.52. The third-order valence-corrected chi connectivity index (χ3v) is 3.57. The van der Waals surface area contributed by atoms with Crippen LogP contribution in [0.2, 0.25) is 10.4 Å². The molecule has 0 saturated carbocycles. The minimum Gasteiger partial charge on any atom is -0.373 e. The fourth-order valence-electron chi connectivity index (χ4n) is 2.21. The Kier molecular flexibility index (Phi) is 4.00. The van der Waals surface area contributed by atoms with E-state index in [9.17, 15) is 13.2 Å². The predicted octanol–water partition coefficient (Wildman–Crippen LogP) is 2.94. The van der Waals surface area contributed by atoms with Gasteiger partial charge in [0.25, 0.3) is 5.92 Å². The van der Waals surface area contributed by atoms with Crippen molar-refractivity contribution in [3.05, 3.63) is 22.5 Å². The van der Waals surface area contributed by atoms with E-state index in [1.807, 2.05) is 0 Å². The van der Waals surface area contributed by atoms with Crippen molar-refractivity contribution in [1.29, 1.82) is 0 Å². The number of rotatable bonds is 1. The predicted molar refractivity (Wildman–Crippen MR) is 75.3 cm³/mol. The van der Waals surface area contributed by atoms with E-state index in [0.29, 0.717) is 0 Å². The van der Waals surface area contributed by atoms with Crippen molar-refractivity contribution in [3.63, 3.8) is 0 Å². The Morgan fingerprint density at radius 3 is 2.82 bits per heavy atom. The van der Waals surface area contributed by atoms with Crippen LogP contribution in [0.3, 0.4) is 0 Å². The van der Waals surface area contributed by atoms with Crippen molar-refractivity contribution >= 4 is 39.9 Å². The van der Waals surface area contributed by atoms with Crippen molar-refractivity contribution < 1.29 is 17.9 Å². The monoisotopic (exact) mass is 352 g/mol. The van der Waals surface area contributed by atoms with Crippen LogP contribution in [-0.4, -0.2) is 47.2 Å². The third-order valence-electron chi connectivity index (χ3n) is 3.13. The van der Waals surface area contributed by atoms with Crippen LogP contribution in [0.15, 0.2) is 6.20 Å². The highest BCUT2D eigenvalue weighted by molar-refractivity contribution is 6.30. The van der Waals surface area contributed by atoms with Crippen molar-refractivity contribution in [3.8, 4) is 0 Å². The summed E-state index contributed by atoms with van der Waals surface area (Å²) in [7, 11) is 0. The molecule has 0 amide bonds. The summed E-state index contributed by atoms with van der Waals surface area (Å²) in [6, 6.07) is 0. The number of fused-ring (bicyclic) bond motifs is 1. The Bertz CT molecular complexity index is 731. The number of pyridine rings is 1. The highest BCUT2D eigenvalue weighted by atomic mass is 35.5. The molecule has 0 aliphatic carbocycles. The maximum Gasteiger partial charge on any atom is 0.288 e. The van der Waals surface area contributed by atoms with E-state index >= 15 is 0 Å². The second-order valence-corrected chi connectivity index (χ2v) is 5.47. The quantitative estimate of drug-likeness (QED) is 0.583. The van der Waals surface area contributed by atoms with Gasteiger partial charge in [0.2, 0.25) is 5.28 Å². The minimum atomic E-state index is -3.06. The van der Waals surface area contributed by atoms with Gasteiger partial charge in [-0.1, -0.05) is 11.6 Å². The Morgan fingerprint density at radius 1 is 1.27 bits per heavy atom. The average molecular weight is 353 g/mol. The number of anilines is 1. The van der Waals surface area contributed by atoms with Crippen molar-refractivity contribution in [2.24, 2.45) is 0 Å². The third kappa shape index (κ3) is 2.90. The molecule has 3 heterocycles. The lowest BCUT2D eigenvalue weighted by atomic mass is 10.2. The Balaban J connectivity index is 2.15. The zero-order valence-electron chi connectivity index (χ0n) is 11.0. The number of alkyl halides is 2. The van der Waals surface area contributed by atoms with E-state index in [1.165, 1.54) is 11.1 Å².